The summed E-state index contributed by atoms with van der Waals surface area (Å²) in [5.74, 6) is -2.42. The van der Waals surface area contributed by atoms with Gasteiger partial charge in [-0.05, 0) is 33.5 Å². The van der Waals surface area contributed by atoms with Crippen molar-refractivity contribution in [2.45, 2.75) is 39.7 Å². The minimum atomic E-state index is -1.17. The minimum absolute atomic E-state index is 0.115. The van der Waals surface area contributed by atoms with Crippen LogP contribution in [0.2, 0.25) is 0 Å². The van der Waals surface area contributed by atoms with Gasteiger partial charge in [-0.3, -0.25) is 19.4 Å². The van der Waals surface area contributed by atoms with E-state index in [1.54, 1.807) is 13.8 Å². The molecular weight excluding hydrogens is 454 g/mol. The van der Waals surface area contributed by atoms with Crippen LogP contribution in [0.5, 0.6) is 0 Å². The highest BCUT2D eigenvalue weighted by Crippen LogP contribution is 2.04. The Hall–Kier alpha value is -2.28. The lowest BCUT2D eigenvalue weighted by atomic mass is 10.1. The second kappa shape index (κ2) is 18.1. The van der Waals surface area contributed by atoms with E-state index in [-0.39, 0.29) is 31.5 Å². The number of amides is 4. The molecule has 0 saturated carbocycles. The van der Waals surface area contributed by atoms with Crippen LogP contribution in [0.3, 0.4) is 0 Å². The van der Waals surface area contributed by atoms with Crippen LogP contribution in [-0.4, -0.2) is 135 Å². The molecule has 35 heavy (non-hydrogen) atoms. The molecule has 204 valence electrons. The van der Waals surface area contributed by atoms with Crippen LogP contribution in [0.4, 0.5) is 4.79 Å². The molecule has 0 aliphatic rings. The lowest BCUT2D eigenvalue weighted by Crippen LogP contribution is -2.54. The molecule has 12 heteroatoms. The molecule has 12 nitrogen and oxygen atoms in total. The Kier molecular flexibility index (Phi) is 16.9. The molecule has 0 aromatic carbocycles. The van der Waals surface area contributed by atoms with E-state index < -0.39 is 23.9 Å². The molecule has 0 bridgehead atoms. The first kappa shape index (κ1) is 32.7. The van der Waals surface area contributed by atoms with Gasteiger partial charge in [0, 0.05) is 45.8 Å². The highest BCUT2D eigenvalue weighted by Gasteiger charge is 2.28. The number of carboxylic acids is 1. The summed E-state index contributed by atoms with van der Waals surface area (Å²) in [6, 6.07) is -1.88. The van der Waals surface area contributed by atoms with Gasteiger partial charge >= 0.3 is 12.0 Å². The van der Waals surface area contributed by atoms with E-state index >= 15 is 0 Å². The molecule has 0 fully saturated rings. The van der Waals surface area contributed by atoms with Crippen molar-refractivity contribution in [3.05, 3.63) is 0 Å². The summed E-state index contributed by atoms with van der Waals surface area (Å²) in [6.07, 6.45) is 1.32. The number of carboxylic acid groups (broad SMARTS) is 1. The lowest BCUT2D eigenvalue weighted by molar-refractivity contribution is -0.140. The van der Waals surface area contributed by atoms with E-state index in [0.717, 1.165) is 37.5 Å². The Morgan fingerprint density at radius 1 is 0.886 bits per heavy atom. The van der Waals surface area contributed by atoms with Gasteiger partial charge in [0.1, 0.15) is 6.04 Å². The van der Waals surface area contributed by atoms with Crippen molar-refractivity contribution in [3.63, 3.8) is 0 Å². The number of hydrogen-bond donors (Lipinski definition) is 4. The topological polar surface area (TPSA) is 152 Å². The maximum Gasteiger partial charge on any atom is 0.326 e. The third-order valence-electron chi connectivity index (χ3n) is 5.58. The molecule has 0 rings (SSSR count). The largest absolute Gasteiger partial charge is 0.480 e. The average molecular weight is 502 g/mol. The van der Waals surface area contributed by atoms with Crippen molar-refractivity contribution in [2.75, 3.05) is 80.0 Å². The number of hydrogen-bond acceptors (Lipinski definition) is 8. The molecule has 0 aromatic heterocycles. The van der Waals surface area contributed by atoms with Gasteiger partial charge in [-0.15, -0.1) is 0 Å². The molecule has 0 radical (unpaired) electrons. The van der Waals surface area contributed by atoms with Gasteiger partial charge in [0.15, 0.2) is 0 Å². The zero-order chi connectivity index (χ0) is 27.0. The Morgan fingerprint density at radius 3 is 1.91 bits per heavy atom. The number of unbranched alkanes of at least 4 members (excludes halogenated alkanes) is 1. The lowest BCUT2D eigenvalue weighted by Gasteiger charge is -2.25. The van der Waals surface area contributed by atoms with Crippen LogP contribution in [0.1, 0.15) is 33.6 Å². The first-order chi connectivity index (χ1) is 16.4. The third kappa shape index (κ3) is 14.7. The number of nitrogens with zero attached hydrogens (tertiary/aromatic N) is 4. The molecule has 1 atom stereocenters. The van der Waals surface area contributed by atoms with Gasteiger partial charge in [-0.1, -0.05) is 27.2 Å². The van der Waals surface area contributed by atoms with Gasteiger partial charge in [0.2, 0.25) is 11.8 Å². The summed E-state index contributed by atoms with van der Waals surface area (Å²) in [6.45, 7) is 9.92. The Morgan fingerprint density at radius 2 is 1.43 bits per heavy atom. The summed E-state index contributed by atoms with van der Waals surface area (Å²) in [5, 5.41) is 14.3. The van der Waals surface area contributed by atoms with Crippen LogP contribution in [0.15, 0.2) is 0 Å². The van der Waals surface area contributed by atoms with E-state index in [9.17, 15) is 24.3 Å². The molecule has 0 saturated heterocycles. The first-order valence-corrected chi connectivity index (χ1v) is 12.3. The van der Waals surface area contributed by atoms with Crippen LogP contribution < -0.4 is 16.4 Å². The fourth-order valence-corrected chi connectivity index (χ4v) is 3.16. The third-order valence-corrected chi connectivity index (χ3v) is 5.58. The zero-order valence-electron chi connectivity index (χ0n) is 22.4. The van der Waals surface area contributed by atoms with Crippen LogP contribution in [0, 0.1) is 5.92 Å². The summed E-state index contributed by atoms with van der Waals surface area (Å²) in [5.41, 5.74) is 5.55. The predicted molar refractivity (Wildman–Crippen MR) is 136 cm³/mol. The van der Waals surface area contributed by atoms with Gasteiger partial charge < -0.3 is 31.3 Å². The van der Waals surface area contributed by atoms with E-state index in [2.05, 4.69) is 20.4 Å². The molecule has 0 spiro atoms. The van der Waals surface area contributed by atoms with Crippen LogP contribution in [-0.2, 0) is 14.4 Å². The van der Waals surface area contributed by atoms with Gasteiger partial charge in [0.05, 0.1) is 13.1 Å². The van der Waals surface area contributed by atoms with Crippen molar-refractivity contribution >= 4 is 23.8 Å². The number of carbonyl (C=O) groups excluding carboxylic acids is 3. The molecule has 0 unspecified atom stereocenters. The second-order valence-electron chi connectivity index (χ2n) is 9.32. The fraction of sp³-hybridized carbons (Fsp3) is 0.826. The smallest absolute Gasteiger partial charge is 0.326 e. The van der Waals surface area contributed by atoms with Gasteiger partial charge in [-0.25, -0.2) is 9.59 Å². The number of rotatable bonds is 18. The zero-order valence-corrected chi connectivity index (χ0v) is 22.4. The molecule has 5 N–H and O–H groups in total. The van der Waals surface area contributed by atoms with Crippen LogP contribution >= 0.6 is 0 Å². The molecular formula is C23H47N7O5. The maximum atomic E-state index is 12.7. The minimum Gasteiger partial charge on any atom is -0.480 e. The SMILES string of the molecule is CCCCN(C(=O)CNC(=O)CN(C)CCN(C)CCN(C)CCN)C(=O)N[C@H](C(=O)O)C(C)C. The van der Waals surface area contributed by atoms with Crippen LogP contribution in [0.25, 0.3) is 0 Å². The quantitative estimate of drug-likeness (QED) is 0.191. The van der Waals surface area contributed by atoms with Gasteiger partial charge in [-0.2, -0.15) is 0 Å². The molecule has 0 aliphatic carbocycles. The van der Waals surface area contributed by atoms with Crippen molar-refractivity contribution in [1.29, 1.82) is 0 Å². The monoisotopic (exact) mass is 501 g/mol. The Labute approximate surface area is 210 Å². The summed E-state index contributed by atoms with van der Waals surface area (Å²) < 4.78 is 0. The number of likely N-dealkylation sites (N-methyl/N-ethyl adjacent to an activating group) is 3. The number of urea groups is 1. The second-order valence-corrected chi connectivity index (χ2v) is 9.32. The Balaban J connectivity index is 4.62. The van der Waals surface area contributed by atoms with Crippen molar-refractivity contribution in [3.8, 4) is 0 Å². The van der Waals surface area contributed by atoms with Gasteiger partial charge in [0.25, 0.3) is 0 Å². The fourth-order valence-electron chi connectivity index (χ4n) is 3.16. The molecule has 4 amide bonds. The average Bonchev–Trinajstić information content (AvgIpc) is 2.78. The summed E-state index contributed by atoms with van der Waals surface area (Å²) >= 11 is 0. The maximum absolute atomic E-state index is 12.7. The van der Waals surface area contributed by atoms with Crippen molar-refractivity contribution in [1.82, 2.24) is 30.2 Å². The Bertz CT molecular complexity index is 662. The molecule has 0 heterocycles. The number of imide groups is 1. The van der Waals surface area contributed by atoms with E-state index in [4.69, 9.17) is 5.73 Å². The highest BCUT2D eigenvalue weighted by atomic mass is 16.4. The first-order valence-electron chi connectivity index (χ1n) is 12.3. The highest BCUT2D eigenvalue weighted by molar-refractivity contribution is 5.98. The molecule has 0 aromatic rings. The number of nitrogens with one attached hydrogen (secondary N) is 2. The van der Waals surface area contributed by atoms with E-state index in [1.165, 1.54) is 0 Å². The number of aliphatic carboxylic acids is 1. The van der Waals surface area contributed by atoms with E-state index in [0.29, 0.717) is 19.5 Å². The standard InChI is InChI=1S/C23H47N7O5/c1-7-8-10-30(23(35)26-21(18(2)3)22(33)34)20(32)16-25-19(31)17-29(6)15-14-28(5)13-12-27(4)11-9-24/h18,21H,7-17,24H2,1-6H3,(H,25,31)(H,26,35)(H,33,34)/t21-/m0/s1. The summed E-state index contributed by atoms with van der Waals surface area (Å²) in [7, 11) is 5.88. The number of carbonyl (C=O) groups is 4. The summed E-state index contributed by atoms with van der Waals surface area (Å²) in [4.78, 5) is 56.2. The molecule has 0 aliphatic heterocycles. The number of nitrogens with two attached hydrogens (primary N) is 1. The normalized spacial score (nSPS) is 12.3. The van der Waals surface area contributed by atoms with E-state index in [1.807, 2.05) is 33.0 Å². The van der Waals surface area contributed by atoms with Crippen molar-refractivity contribution < 1.29 is 24.3 Å². The van der Waals surface area contributed by atoms with Crippen molar-refractivity contribution in [2.24, 2.45) is 11.7 Å². The predicted octanol–water partition coefficient (Wildman–Crippen LogP) is -0.696.